The number of ether oxygens (including phenoxy) is 3. The third-order valence-corrected chi connectivity index (χ3v) is 7.25. The molecule has 0 saturated heterocycles. The first-order valence-corrected chi connectivity index (χ1v) is 11.1. The lowest BCUT2D eigenvalue weighted by atomic mass is 9.60. The molecule has 1 spiro atoms. The molecule has 3 aliphatic carbocycles. The molecule has 4 aliphatic rings. The van der Waals surface area contributed by atoms with E-state index in [-0.39, 0.29) is 29.6 Å². The number of benzene rings is 2. The summed E-state index contributed by atoms with van der Waals surface area (Å²) in [4.78, 5) is 25.9. The summed E-state index contributed by atoms with van der Waals surface area (Å²) in [6.45, 7) is 0.433. The summed E-state index contributed by atoms with van der Waals surface area (Å²) >= 11 is 0. The summed E-state index contributed by atoms with van der Waals surface area (Å²) < 4.78 is 17.1. The molecular weight excluding hydrogens is 408 g/mol. The summed E-state index contributed by atoms with van der Waals surface area (Å²) in [5, 5.41) is 6.23. The molecule has 6 rings (SSSR count). The van der Waals surface area contributed by atoms with Crippen molar-refractivity contribution in [3.05, 3.63) is 53.6 Å². The van der Waals surface area contributed by atoms with Crippen LogP contribution in [-0.2, 0) is 11.3 Å². The molecule has 1 aliphatic heterocycles. The highest BCUT2D eigenvalue weighted by Gasteiger charge is 2.57. The molecule has 0 unspecified atom stereocenters. The van der Waals surface area contributed by atoms with E-state index >= 15 is 0 Å². The van der Waals surface area contributed by atoms with Gasteiger partial charge in [-0.1, -0.05) is 18.2 Å². The van der Waals surface area contributed by atoms with Crippen molar-refractivity contribution in [3.63, 3.8) is 0 Å². The number of nitrogens with one attached hydrogen (secondary N) is 2. The lowest BCUT2D eigenvalue weighted by Crippen LogP contribution is -2.66. The van der Waals surface area contributed by atoms with E-state index in [0.717, 1.165) is 24.2 Å². The zero-order valence-corrected chi connectivity index (χ0v) is 18.4. The molecule has 2 aromatic carbocycles. The smallest absolute Gasteiger partial charge is 0.258 e. The summed E-state index contributed by atoms with van der Waals surface area (Å²) in [6.07, 6.45) is 3.22. The molecule has 7 heteroatoms. The molecule has 2 amide bonds. The Kier molecular flexibility index (Phi) is 5.19. The number of para-hydroxylation sites is 1. The van der Waals surface area contributed by atoms with E-state index in [1.54, 1.807) is 32.4 Å². The minimum absolute atomic E-state index is 0.0599. The molecule has 2 aromatic rings. The maximum Gasteiger partial charge on any atom is 0.258 e. The highest BCUT2D eigenvalue weighted by atomic mass is 16.5. The third kappa shape index (κ3) is 3.45. The zero-order chi connectivity index (χ0) is 22.3. The molecule has 0 aromatic heterocycles. The van der Waals surface area contributed by atoms with Gasteiger partial charge in [0, 0.05) is 36.4 Å². The fraction of sp³-hybridized carbons (Fsp3) is 0.440. The topological polar surface area (TPSA) is 85.9 Å². The van der Waals surface area contributed by atoms with E-state index in [9.17, 15) is 9.59 Å². The SMILES string of the molecule is COc1ccc2c(c1)O[C@@]1(C[C@@H]3CC[C@@H]1C[C@@H]3C(=O)NCc1ccccc1OC)NC2=O. The Bertz CT molecular complexity index is 1050. The zero-order valence-electron chi connectivity index (χ0n) is 18.4. The van der Waals surface area contributed by atoms with E-state index < -0.39 is 5.72 Å². The van der Waals surface area contributed by atoms with Crippen LogP contribution in [0.5, 0.6) is 17.2 Å². The van der Waals surface area contributed by atoms with Crippen molar-refractivity contribution < 1.29 is 23.8 Å². The molecule has 4 atom stereocenters. The van der Waals surface area contributed by atoms with Crippen LogP contribution in [0.25, 0.3) is 0 Å². The van der Waals surface area contributed by atoms with E-state index in [1.165, 1.54) is 0 Å². The number of hydrogen-bond donors (Lipinski definition) is 2. The Hall–Kier alpha value is -3.22. The predicted molar refractivity (Wildman–Crippen MR) is 118 cm³/mol. The van der Waals surface area contributed by atoms with Gasteiger partial charge < -0.3 is 24.8 Å². The van der Waals surface area contributed by atoms with Crippen molar-refractivity contribution >= 4 is 11.8 Å². The van der Waals surface area contributed by atoms with Crippen LogP contribution in [0.2, 0.25) is 0 Å². The van der Waals surface area contributed by atoms with E-state index in [1.807, 2.05) is 24.3 Å². The normalized spacial score (nSPS) is 27.8. The Morgan fingerprint density at radius 2 is 2.03 bits per heavy atom. The predicted octanol–water partition coefficient (Wildman–Crippen LogP) is 3.27. The lowest BCUT2D eigenvalue weighted by Gasteiger charge is -2.55. The van der Waals surface area contributed by atoms with Gasteiger partial charge in [-0.2, -0.15) is 0 Å². The Morgan fingerprint density at radius 3 is 2.78 bits per heavy atom. The van der Waals surface area contributed by atoms with Gasteiger partial charge in [0.05, 0.1) is 19.8 Å². The first-order valence-electron chi connectivity index (χ1n) is 11.1. The standard InChI is InChI=1S/C25H28N2O5/c1-30-18-9-10-19-22(12-18)32-25(27-24(19)29)13-15-7-8-17(25)11-20(15)23(28)26-14-16-5-3-4-6-21(16)31-2/h3-6,9-10,12,15,17,20H,7-8,11,13-14H2,1-2H3,(H,26,28)(H,27,29)/t15-,17+,20-,25+/m0/s1. The van der Waals surface area contributed by atoms with Crippen molar-refractivity contribution in [2.24, 2.45) is 17.8 Å². The van der Waals surface area contributed by atoms with Crippen molar-refractivity contribution in [2.75, 3.05) is 14.2 Å². The molecule has 7 nitrogen and oxygen atoms in total. The fourth-order valence-corrected chi connectivity index (χ4v) is 5.60. The van der Waals surface area contributed by atoms with Crippen LogP contribution in [-0.4, -0.2) is 31.8 Å². The summed E-state index contributed by atoms with van der Waals surface area (Å²) in [7, 11) is 3.23. The molecule has 0 radical (unpaired) electrons. The van der Waals surface area contributed by atoms with Gasteiger partial charge in [0.1, 0.15) is 17.2 Å². The van der Waals surface area contributed by atoms with Crippen molar-refractivity contribution in [1.29, 1.82) is 0 Å². The van der Waals surface area contributed by atoms with Gasteiger partial charge in [-0.15, -0.1) is 0 Å². The van der Waals surface area contributed by atoms with Gasteiger partial charge in [0.2, 0.25) is 5.91 Å². The quantitative estimate of drug-likeness (QED) is 0.751. The van der Waals surface area contributed by atoms with Crippen LogP contribution in [0.15, 0.2) is 42.5 Å². The number of amides is 2. The maximum absolute atomic E-state index is 13.1. The van der Waals surface area contributed by atoms with Crippen LogP contribution in [0.4, 0.5) is 0 Å². The second kappa shape index (κ2) is 8.04. The molecular formula is C25H28N2O5. The molecule has 2 N–H and O–H groups in total. The number of rotatable bonds is 5. The maximum atomic E-state index is 13.1. The van der Waals surface area contributed by atoms with Crippen molar-refractivity contribution in [1.82, 2.24) is 10.6 Å². The lowest BCUT2D eigenvalue weighted by molar-refractivity contribution is -0.146. The van der Waals surface area contributed by atoms with Gasteiger partial charge in [0.25, 0.3) is 5.91 Å². The molecule has 1 heterocycles. The van der Waals surface area contributed by atoms with Gasteiger partial charge in [-0.05, 0) is 43.4 Å². The molecule has 2 bridgehead atoms. The molecule has 3 saturated carbocycles. The minimum Gasteiger partial charge on any atom is -0.497 e. The number of fused-ring (bicyclic) bond motifs is 3. The minimum atomic E-state index is -0.751. The van der Waals surface area contributed by atoms with Crippen molar-refractivity contribution in [2.45, 2.75) is 38.0 Å². The highest BCUT2D eigenvalue weighted by molar-refractivity contribution is 5.98. The van der Waals surface area contributed by atoms with Gasteiger partial charge in [0.15, 0.2) is 5.72 Å². The number of carbonyl (C=O) groups is 2. The number of methoxy groups -OCH3 is 2. The third-order valence-electron chi connectivity index (χ3n) is 7.25. The monoisotopic (exact) mass is 436 g/mol. The fourth-order valence-electron chi connectivity index (χ4n) is 5.60. The number of carbonyl (C=O) groups excluding carboxylic acids is 2. The summed E-state index contributed by atoms with van der Waals surface area (Å²) in [5.41, 5.74) is 0.719. The average molecular weight is 437 g/mol. The molecule has 168 valence electrons. The first-order chi connectivity index (χ1) is 15.5. The Morgan fingerprint density at radius 1 is 1.19 bits per heavy atom. The van der Waals surface area contributed by atoms with Gasteiger partial charge in [-0.3, -0.25) is 9.59 Å². The Balaban J connectivity index is 1.30. The van der Waals surface area contributed by atoms with E-state index in [0.29, 0.717) is 36.4 Å². The average Bonchev–Trinajstić information content (AvgIpc) is 2.82. The second-order valence-electron chi connectivity index (χ2n) is 8.92. The van der Waals surface area contributed by atoms with Crippen LogP contribution in [0.1, 0.15) is 41.6 Å². The Labute approximate surface area is 187 Å². The molecule has 32 heavy (non-hydrogen) atoms. The number of hydrogen-bond acceptors (Lipinski definition) is 5. The summed E-state index contributed by atoms with van der Waals surface area (Å²) in [6, 6.07) is 13.0. The van der Waals surface area contributed by atoms with E-state index in [4.69, 9.17) is 14.2 Å². The van der Waals surface area contributed by atoms with Crippen LogP contribution < -0.4 is 24.8 Å². The van der Waals surface area contributed by atoms with Crippen LogP contribution in [0.3, 0.4) is 0 Å². The second-order valence-corrected chi connectivity index (χ2v) is 8.92. The van der Waals surface area contributed by atoms with Gasteiger partial charge in [-0.25, -0.2) is 0 Å². The molecule has 3 fully saturated rings. The largest absolute Gasteiger partial charge is 0.497 e. The van der Waals surface area contributed by atoms with Crippen molar-refractivity contribution in [3.8, 4) is 17.2 Å². The van der Waals surface area contributed by atoms with E-state index in [2.05, 4.69) is 10.6 Å². The highest BCUT2D eigenvalue weighted by Crippen LogP contribution is 2.52. The van der Waals surface area contributed by atoms with Crippen LogP contribution in [0, 0.1) is 17.8 Å². The summed E-state index contributed by atoms with van der Waals surface area (Å²) in [5.74, 6) is 2.07. The van der Waals surface area contributed by atoms with Gasteiger partial charge >= 0.3 is 0 Å². The van der Waals surface area contributed by atoms with Crippen LogP contribution >= 0.6 is 0 Å². The first kappa shape index (κ1) is 20.7.